The first-order chi connectivity index (χ1) is 9.46. The summed E-state index contributed by atoms with van der Waals surface area (Å²) in [6, 6.07) is -0.422. The van der Waals surface area contributed by atoms with Gasteiger partial charge in [-0.25, -0.2) is 9.78 Å². The zero-order valence-electron chi connectivity index (χ0n) is 11.7. The number of thiazole rings is 1. The van der Waals surface area contributed by atoms with Crippen molar-refractivity contribution in [3.63, 3.8) is 0 Å². The molecule has 1 aromatic heterocycles. The van der Waals surface area contributed by atoms with Crippen LogP contribution in [0.25, 0.3) is 0 Å². The lowest BCUT2D eigenvalue weighted by Crippen LogP contribution is -2.37. The molecular weight excluding hydrogens is 282 g/mol. The fraction of sp³-hybridized carbons (Fsp3) is 0.583. The van der Waals surface area contributed by atoms with E-state index in [-0.39, 0.29) is 13.0 Å². The normalized spacial score (nSPS) is 11.9. The monoisotopic (exact) mass is 301 g/mol. The van der Waals surface area contributed by atoms with Gasteiger partial charge < -0.3 is 15.2 Å². The summed E-state index contributed by atoms with van der Waals surface area (Å²) in [6.45, 7) is 4.08. The number of methoxy groups -OCH3 is 1. The standard InChI is InChI=1S/C12H19N3O4S/c1-4-9-7(2)20-12(14-9)15-11(18)13-6-8(19-3)5-10(16)17/h8H,4-6H2,1-3H3,(H,16,17)(H2,13,14,15,18). The van der Waals surface area contributed by atoms with Gasteiger partial charge in [0.25, 0.3) is 0 Å². The molecule has 0 aliphatic heterocycles. The largest absolute Gasteiger partial charge is 0.481 e. The number of amides is 2. The molecule has 0 spiro atoms. The summed E-state index contributed by atoms with van der Waals surface area (Å²) in [4.78, 5) is 27.6. The van der Waals surface area contributed by atoms with Crippen molar-refractivity contribution in [1.82, 2.24) is 10.3 Å². The van der Waals surface area contributed by atoms with E-state index in [0.29, 0.717) is 5.13 Å². The second-order valence-corrected chi connectivity index (χ2v) is 5.37. The number of hydrogen-bond acceptors (Lipinski definition) is 5. The molecular formula is C12H19N3O4S. The van der Waals surface area contributed by atoms with Crippen LogP contribution >= 0.6 is 11.3 Å². The molecule has 0 saturated carbocycles. The molecule has 2 amide bonds. The Morgan fingerprint density at radius 2 is 2.20 bits per heavy atom. The van der Waals surface area contributed by atoms with Crippen LogP contribution in [0.2, 0.25) is 0 Å². The van der Waals surface area contributed by atoms with Gasteiger partial charge in [-0.3, -0.25) is 10.1 Å². The van der Waals surface area contributed by atoms with Crippen LogP contribution in [0.3, 0.4) is 0 Å². The maximum atomic E-state index is 11.7. The minimum Gasteiger partial charge on any atom is -0.481 e. The van der Waals surface area contributed by atoms with Gasteiger partial charge in [-0.1, -0.05) is 6.92 Å². The fourth-order valence-electron chi connectivity index (χ4n) is 1.59. The average Bonchev–Trinajstić information content (AvgIpc) is 2.74. The molecule has 0 aromatic carbocycles. The van der Waals surface area contributed by atoms with Crippen LogP contribution in [0, 0.1) is 6.92 Å². The lowest BCUT2D eigenvalue weighted by atomic mass is 10.2. The Morgan fingerprint density at radius 3 is 2.70 bits per heavy atom. The first kappa shape index (κ1) is 16.4. The second kappa shape index (κ2) is 7.81. The number of carbonyl (C=O) groups excluding carboxylic acids is 1. The number of carboxylic acid groups (broad SMARTS) is 1. The van der Waals surface area contributed by atoms with Crippen LogP contribution in [0.15, 0.2) is 0 Å². The number of aromatic nitrogens is 1. The predicted molar refractivity (Wildman–Crippen MR) is 76.3 cm³/mol. The van der Waals surface area contributed by atoms with Crippen LogP contribution in [-0.4, -0.2) is 41.8 Å². The fourth-order valence-corrected chi connectivity index (χ4v) is 2.49. The number of carboxylic acids is 1. The minimum atomic E-state index is -0.970. The van der Waals surface area contributed by atoms with Crippen molar-refractivity contribution >= 4 is 28.5 Å². The highest BCUT2D eigenvalue weighted by Crippen LogP contribution is 2.22. The maximum Gasteiger partial charge on any atom is 0.321 e. The van der Waals surface area contributed by atoms with Crippen LogP contribution in [0.1, 0.15) is 23.9 Å². The van der Waals surface area contributed by atoms with E-state index in [4.69, 9.17) is 9.84 Å². The summed E-state index contributed by atoms with van der Waals surface area (Å²) >= 11 is 1.41. The molecule has 1 rings (SSSR count). The molecule has 20 heavy (non-hydrogen) atoms. The van der Waals surface area contributed by atoms with E-state index in [0.717, 1.165) is 17.0 Å². The molecule has 0 bridgehead atoms. The van der Waals surface area contributed by atoms with E-state index in [1.165, 1.54) is 18.4 Å². The molecule has 1 atom stereocenters. The quantitative estimate of drug-likeness (QED) is 0.710. The summed E-state index contributed by atoms with van der Waals surface area (Å²) in [5.41, 5.74) is 0.964. The molecule has 1 unspecified atom stereocenters. The molecule has 7 nitrogen and oxygen atoms in total. The minimum absolute atomic E-state index is 0.125. The molecule has 0 saturated heterocycles. The molecule has 3 N–H and O–H groups in total. The zero-order chi connectivity index (χ0) is 15.1. The summed E-state index contributed by atoms with van der Waals surface area (Å²) in [5, 5.41) is 14.4. The predicted octanol–water partition coefficient (Wildman–Crippen LogP) is 1.63. The van der Waals surface area contributed by atoms with Crippen LogP contribution in [0.4, 0.5) is 9.93 Å². The van der Waals surface area contributed by atoms with E-state index in [1.807, 2.05) is 13.8 Å². The Balaban J connectivity index is 2.44. The first-order valence-corrected chi connectivity index (χ1v) is 7.03. The second-order valence-electron chi connectivity index (χ2n) is 4.17. The van der Waals surface area contributed by atoms with Crippen molar-refractivity contribution in [2.45, 2.75) is 32.8 Å². The van der Waals surface area contributed by atoms with Gasteiger partial charge in [0.1, 0.15) is 0 Å². The highest BCUT2D eigenvalue weighted by atomic mass is 32.1. The number of rotatable bonds is 7. The van der Waals surface area contributed by atoms with Crippen molar-refractivity contribution in [3.05, 3.63) is 10.6 Å². The Kier molecular flexibility index (Phi) is 6.40. The van der Waals surface area contributed by atoms with E-state index < -0.39 is 18.1 Å². The number of carbonyl (C=O) groups is 2. The SMILES string of the molecule is CCc1nc(NC(=O)NCC(CC(=O)O)OC)sc1C. The van der Waals surface area contributed by atoms with Gasteiger partial charge in [-0.2, -0.15) is 0 Å². The molecule has 0 radical (unpaired) electrons. The Labute approximate surface area is 121 Å². The number of aryl methyl sites for hydroxylation is 2. The summed E-state index contributed by atoms with van der Waals surface area (Å²) < 4.78 is 4.97. The van der Waals surface area contributed by atoms with Gasteiger partial charge in [0, 0.05) is 18.5 Å². The molecule has 112 valence electrons. The molecule has 0 aliphatic carbocycles. The average molecular weight is 301 g/mol. The molecule has 0 fully saturated rings. The third kappa shape index (κ3) is 5.14. The Bertz CT molecular complexity index is 475. The third-order valence-corrected chi connectivity index (χ3v) is 3.60. The lowest BCUT2D eigenvalue weighted by molar-refractivity contribution is -0.139. The number of urea groups is 1. The van der Waals surface area contributed by atoms with E-state index in [9.17, 15) is 9.59 Å². The number of hydrogen-bond donors (Lipinski definition) is 3. The molecule has 0 aliphatic rings. The van der Waals surface area contributed by atoms with E-state index in [2.05, 4.69) is 15.6 Å². The number of anilines is 1. The van der Waals surface area contributed by atoms with Crippen molar-refractivity contribution in [2.24, 2.45) is 0 Å². The van der Waals surface area contributed by atoms with Crippen LogP contribution < -0.4 is 10.6 Å². The number of nitrogens with zero attached hydrogens (tertiary/aromatic N) is 1. The summed E-state index contributed by atoms with van der Waals surface area (Å²) in [7, 11) is 1.41. The lowest BCUT2D eigenvalue weighted by Gasteiger charge is -2.13. The topological polar surface area (TPSA) is 101 Å². The van der Waals surface area contributed by atoms with Gasteiger partial charge in [0.05, 0.1) is 18.2 Å². The number of aliphatic carboxylic acids is 1. The Hall–Kier alpha value is -1.67. The Morgan fingerprint density at radius 1 is 1.50 bits per heavy atom. The van der Waals surface area contributed by atoms with Gasteiger partial charge in [-0.15, -0.1) is 11.3 Å². The van der Waals surface area contributed by atoms with Crippen molar-refractivity contribution in [2.75, 3.05) is 19.0 Å². The number of ether oxygens (including phenoxy) is 1. The van der Waals surface area contributed by atoms with Gasteiger partial charge in [0.2, 0.25) is 0 Å². The maximum absolute atomic E-state index is 11.7. The van der Waals surface area contributed by atoms with E-state index in [1.54, 1.807) is 0 Å². The van der Waals surface area contributed by atoms with Gasteiger partial charge >= 0.3 is 12.0 Å². The third-order valence-electron chi connectivity index (χ3n) is 2.67. The van der Waals surface area contributed by atoms with Crippen molar-refractivity contribution in [1.29, 1.82) is 0 Å². The summed E-state index contributed by atoms with van der Waals surface area (Å²) in [6.07, 6.45) is 0.103. The zero-order valence-corrected chi connectivity index (χ0v) is 12.5. The van der Waals surface area contributed by atoms with Gasteiger partial charge in [-0.05, 0) is 13.3 Å². The van der Waals surface area contributed by atoms with E-state index >= 15 is 0 Å². The smallest absolute Gasteiger partial charge is 0.321 e. The van der Waals surface area contributed by atoms with Crippen molar-refractivity contribution in [3.8, 4) is 0 Å². The molecule has 1 aromatic rings. The first-order valence-electron chi connectivity index (χ1n) is 6.22. The molecule has 8 heteroatoms. The van der Waals surface area contributed by atoms with Gasteiger partial charge in [0.15, 0.2) is 5.13 Å². The number of nitrogens with one attached hydrogen (secondary N) is 2. The van der Waals surface area contributed by atoms with Crippen LogP contribution in [-0.2, 0) is 16.0 Å². The molecule has 1 heterocycles. The summed E-state index contributed by atoms with van der Waals surface area (Å²) in [5.74, 6) is -0.970. The van der Waals surface area contributed by atoms with Crippen LogP contribution in [0.5, 0.6) is 0 Å². The van der Waals surface area contributed by atoms with Crippen molar-refractivity contribution < 1.29 is 19.4 Å². The highest BCUT2D eigenvalue weighted by molar-refractivity contribution is 7.15. The highest BCUT2D eigenvalue weighted by Gasteiger charge is 2.14.